The van der Waals surface area contributed by atoms with Crippen LogP contribution < -0.4 is 4.74 Å². The van der Waals surface area contributed by atoms with E-state index in [1.54, 1.807) is 12.1 Å². The lowest BCUT2D eigenvalue weighted by atomic mass is 9.97. The summed E-state index contributed by atoms with van der Waals surface area (Å²) in [5, 5.41) is 0.841. The number of ether oxygens (including phenoxy) is 1. The number of hydrogen-bond acceptors (Lipinski definition) is 4. The number of benzene rings is 3. The molecule has 1 saturated heterocycles. The Morgan fingerprint density at radius 3 is 2.09 bits per heavy atom. The second-order valence-corrected chi connectivity index (χ2v) is 10.9. The van der Waals surface area contributed by atoms with Crippen LogP contribution in [0, 0.1) is 5.92 Å². The van der Waals surface area contributed by atoms with Gasteiger partial charge < -0.3 is 4.74 Å². The highest BCUT2D eigenvalue weighted by Crippen LogP contribution is 2.26. The van der Waals surface area contributed by atoms with Crippen LogP contribution in [0.3, 0.4) is 0 Å². The van der Waals surface area contributed by atoms with Crippen molar-refractivity contribution < 1.29 is 13.2 Å². The summed E-state index contributed by atoms with van der Waals surface area (Å²) in [4.78, 5) is 2.79. The molecule has 3 aromatic rings. The van der Waals surface area contributed by atoms with Gasteiger partial charge >= 0.3 is 0 Å². The average Bonchev–Trinajstić information content (AvgIpc) is 2.80. The monoisotopic (exact) mass is 469 g/mol. The van der Waals surface area contributed by atoms with Gasteiger partial charge in [-0.05, 0) is 78.9 Å². The fraction of sp³-hybridized carbons (Fsp3) is 0.308. The van der Waals surface area contributed by atoms with Gasteiger partial charge in [0, 0.05) is 17.8 Å². The molecule has 3 aromatic carbocycles. The highest BCUT2D eigenvalue weighted by atomic mass is 35.5. The largest absolute Gasteiger partial charge is 0.493 e. The van der Waals surface area contributed by atoms with Gasteiger partial charge in [0.1, 0.15) is 5.75 Å². The first-order valence-electron chi connectivity index (χ1n) is 10.9. The molecular formula is C26H28ClNO3S. The van der Waals surface area contributed by atoms with Crippen LogP contribution >= 0.6 is 11.6 Å². The molecule has 1 aliphatic rings. The van der Waals surface area contributed by atoms with Crippen LogP contribution in [0.4, 0.5) is 0 Å². The van der Waals surface area contributed by atoms with Crippen molar-refractivity contribution in [1.29, 1.82) is 0 Å². The molecule has 0 bridgehead atoms. The van der Waals surface area contributed by atoms with E-state index in [-0.39, 0.29) is 0 Å². The maximum atomic E-state index is 11.6. The summed E-state index contributed by atoms with van der Waals surface area (Å²) in [7, 11) is -3.18. The summed E-state index contributed by atoms with van der Waals surface area (Å²) < 4.78 is 29.3. The molecule has 4 rings (SSSR count). The lowest BCUT2D eigenvalue weighted by Gasteiger charge is -2.32. The highest BCUT2D eigenvalue weighted by molar-refractivity contribution is 7.90. The van der Waals surface area contributed by atoms with Crippen LogP contribution in [0.25, 0.3) is 11.1 Å². The molecule has 1 fully saturated rings. The maximum Gasteiger partial charge on any atom is 0.175 e. The maximum absolute atomic E-state index is 11.6. The van der Waals surface area contributed by atoms with Crippen LogP contribution in [-0.4, -0.2) is 39.3 Å². The molecular weight excluding hydrogens is 442 g/mol. The summed E-state index contributed by atoms with van der Waals surface area (Å²) in [6.07, 6.45) is 3.46. The van der Waals surface area contributed by atoms with E-state index in [0.29, 0.717) is 10.8 Å². The Kier molecular flexibility index (Phi) is 7.19. The van der Waals surface area contributed by atoms with Crippen molar-refractivity contribution in [3.8, 4) is 16.9 Å². The van der Waals surface area contributed by atoms with Crippen LogP contribution in [0.2, 0.25) is 5.02 Å². The smallest absolute Gasteiger partial charge is 0.175 e. The Morgan fingerprint density at radius 2 is 1.50 bits per heavy atom. The van der Waals surface area contributed by atoms with Gasteiger partial charge in [-0.2, -0.15) is 0 Å². The predicted octanol–water partition coefficient (Wildman–Crippen LogP) is 5.70. The van der Waals surface area contributed by atoms with E-state index in [1.807, 2.05) is 54.6 Å². The average molecular weight is 470 g/mol. The summed E-state index contributed by atoms with van der Waals surface area (Å²) in [5.41, 5.74) is 3.20. The van der Waals surface area contributed by atoms with Crippen molar-refractivity contribution in [2.24, 2.45) is 5.92 Å². The zero-order valence-electron chi connectivity index (χ0n) is 18.2. The molecule has 1 aliphatic heterocycles. The van der Waals surface area contributed by atoms with E-state index in [0.717, 1.165) is 61.0 Å². The Morgan fingerprint density at radius 1 is 0.906 bits per heavy atom. The van der Waals surface area contributed by atoms with E-state index >= 15 is 0 Å². The van der Waals surface area contributed by atoms with Gasteiger partial charge in [-0.1, -0.05) is 54.1 Å². The van der Waals surface area contributed by atoms with E-state index in [1.165, 1.54) is 11.8 Å². The third kappa shape index (κ3) is 5.91. The Balaban J connectivity index is 1.26. The molecule has 0 N–H and O–H groups in total. The minimum absolute atomic E-state index is 0.333. The fourth-order valence-corrected chi connectivity index (χ4v) is 4.86. The van der Waals surface area contributed by atoms with Crippen LogP contribution in [0.1, 0.15) is 18.4 Å². The first kappa shape index (κ1) is 22.8. The molecule has 0 atom stereocenters. The molecule has 6 heteroatoms. The van der Waals surface area contributed by atoms with Crippen molar-refractivity contribution in [3.05, 3.63) is 83.4 Å². The molecule has 0 spiro atoms. The van der Waals surface area contributed by atoms with Crippen LogP contribution in [0.15, 0.2) is 77.7 Å². The van der Waals surface area contributed by atoms with Gasteiger partial charge in [-0.15, -0.1) is 0 Å². The molecule has 168 valence electrons. The predicted molar refractivity (Wildman–Crippen MR) is 130 cm³/mol. The number of hydrogen-bond donors (Lipinski definition) is 0. The summed E-state index contributed by atoms with van der Waals surface area (Å²) in [5.74, 6) is 1.42. The Hall–Kier alpha value is -2.34. The zero-order valence-corrected chi connectivity index (χ0v) is 19.8. The van der Waals surface area contributed by atoms with Gasteiger partial charge in [0.05, 0.1) is 11.5 Å². The number of sulfone groups is 1. The minimum Gasteiger partial charge on any atom is -0.493 e. The van der Waals surface area contributed by atoms with Crippen molar-refractivity contribution in [3.63, 3.8) is 0 Å². The summed E-state index contributed by atoms with van der Waals surface area (Å²) >= 11 is 6.29. The van der Waals surface area contributed by atoms with E-state index in [4.69, 9.17) is 16.3 Å². The third-order valence-corrected chi connectivity index (χ3v) is 7.51. The minimum atomic E-state index is -3.18. The number of halogens is 1. The molecule has 0 saturated carbocycles. The van der Waals surface area contributed by atoms with E-state index < -0.39 is 9.84 Å². The van der Waals surface area contributed by atoms with Crippen molar-refractivity contribution >= 4 is 21.4 Å². The molecule has 0 unspecified atom stereocenters. The molecule has 1 heterocycles. The van der Waals surface area contributed by atoms with Gasteiger partial charge in [0.15, 0.2) is 9.84 Å². The number of likely N-dealkylation sites (tertiary alicyclic amines) is 1. The summed E-state index contributed by atoms with van der Waals surface area (Å²) in [6.45, 7) is 3.74. The second-order valence-electron chi connectivity index (χ2n) is 8.44. The topological polar surface area (TPSA) is 46.6 Å². The molecule has 0 amide bonds. The lowest BCUT2D eigenvalue weighted by molar-refractivity contribution is 0.137. The lowest BCUT2D eigenvalue weighted by Crippen LogP contribution is -2.35. The van der Waals surface area contributed by atoms with Crippen LogP contribution in [0.5, 0.6) is 5.75 Å². The molecule has 0 radical (unpaired) electrons. The van der Waals surface area contributed by atoms with Crippen molar-refractivity contribution in [1.82, 2.24) is 4.90 Å². The molecule has 4 nitrogen and oxygen atoms in total. The Labute approximate surface area is 195 Å². The molecule has 0 aromatic heterocycles. The first-order chi connectivity index (χ1) is 15.4. The molecule has 0 aliphatic carbocycles. The normalized spacial score (nSPS) is 15.6. The number of piperidine rings is 1. The highest BCUT2D eigenvalue weighted by Gasteiger charge is 2.20. The SMILES string of the molecule is CS(=O)(=O)c1ccc(-c2ccc(OCC3CCN(Cc4ccccc4Cl)CC3)cc2)cc1. The second kappa shape index (κ2) is 10.1. The van der Waals surface area contributed by atoms with Gasteiger partial charge in [-0.25, -0.2) is 8.42 Å². The van der Waals surface area contributed by atoms with Gasteiger partial charge in [-0.3, -0.25) is 4.90 Å². The fourth-order valence-electron chi connectivity index (χ4n) is 4.03. The van der Waals surface area contributed by atoms with Crippen molar-refractivity contribution in [2.45, 2.75) is 24.3 Å². The van der Waals surface area contributed by atoms with E-state index in [9.17, 15) is 8.42 Å². The Bertz CT molecular complexity index is 1140. The quantitative estimate of drug-likeness (QED) is 0.445. The number of nitrogens with zero attached hydrogens (tertiary/aromatic N) is 1. The van der Waals surface area contributed by atoms with Gasteiger partial charge in [0.25, 0.3) is 0 Å². The first-order valence-corrected chi connectivity index (χ1v) is 13.1. The van der Waals surface area contributed by atoms with Gasteiger partial charge in [0.2, 0.25) is 0 Å². The molecule has 32 heavy (non-hydrogen) atoms. The van der Waals surface area contributed by atoms with Crippen LogP contribution in [-0.2, 0) is 16.4 Å². The standard InChI is InChI=1S/C26H28ClNO3S/c1-32(29,30)25-12-8-22(9-13-25)21-6-10-24(11-7-21)31-19-20-14-16-28(17-15-20)18-23-4-2-3-5-26(23)27/h2-13,20H,14-19H2,1H3. The van der Waals surface area contributed by atoms with E-state index in [2.05, 4.69) is 11.0 Å². The zero-order chi connectivity index (χ0) is 22.6. The number of rotatable bonds is 7. The van der Waals surface area contributed by atoms with Crippen molar-refractivity contribution in [2.75, 3.05) is 26.0 Å². The third-order valence-electron chi connectivity index (χ3n) is 6.01. The summed E-state index contributed by atoms with van der Waals surface area (Å²) in [6, 6.07) is 23.0.